The molecular formula is C17H16FN3O4S. The second-order valence-corrected chi connectivity index (χ2v) is 7.21. The fourth-order valence-corrected chi connectivity index (χ4v) is 3.40. The van der Waals surface area contributed by atoms with Crippen LogP contribution in [0.3, 0.4) is 0 Å². The van der Waals surface area contributed by atoms with E-state index < -0.39 is 15.8 Å². The van der Waals surface area contributed by atoms with Crippen LogP contribution in [0.25, 0.3) is 11.4 Å². The average Bonchev–Trinajstić information content (AvgIpc) is 3.09. The van der Waals surface area contributed by atoms with Crippen molar-refractivity contribution in [3.8, 4) is 17.1 Å². The van der Waals surface area contributed by atoms with Crippen molar-refractivity contribution in [1.82, 2.24) is 14.9 Å². The Morgan fingerprint density at radius 3 is 2.69 bits per heavy atom. The molecule has 7 nitrogen and oxygen atoms in total. The summed E-state index contributed by atoms with van der Waals surface area (Å²) in [7, 11) is -2.27. The summed E-state index contributed by atoms with van der Waals surface area (Å²) in [5, 5.41) is 3.68. The van der Waals surface area contributed by atoms with Crippen molar-refractivity contribution < 1.29 is 22.1 Å². The van der Waals surface area contributed by atoms with E-state index in [-0.39, 0.29) is 28.7 Å². The quantitative estimate of drug-likeness (QED) is 0.710. The van der Waals surface area contributed by atoms with E-state index in [0.717, 1.165) is 0 Å². The van der Waals surface area contributed by atoms with E-state index in [9.17, 15) is 12.8 Å². The Labute approximate surface area is 149 Å². The maximum Gasteiger partial charge on any atom is 0.242 e. The van der Waals surface area contributed by atoms with Crippen LogP contribution in [0.15, 0.2) is 51.9 Å². The summed E-state index contributed by atoms with van der Waals surface area (Å²) in [4.78, 5) is 4.11. The van der Waals surface area contributed by atoms with Crippen molar-refractivity contribution >= 4 is 10.0 Å². The molecule has 0 saturated heterocycles. The van der Waals surface area contributed by atoms with Gasteiger partial charge in [0.15, 0.2) is 0 Å². The number of methoxy groups -OCH3 is 1. The summed E-state index contributed by atoms with van der Waals surface area (Å²) in [6.07, 6.45) is 0. The average molecular weight is 377 g/mol. The molecule has 2 aromatic carbocycles. The molecule has 0 aliphatic heterocycles. The van der Waals surface area contributed by atoms with Crippen molar-refractivity contribution in [3.63, 3.8) is 0 Å². The van der Waals surface area contributed by atoms with Crippen LogP contribution in [0.4, 0.5) is 4.39 Å². The van der Waals surface area contributed by atoms with E-state index in [1.807, 2.05) is 0 Å². The summed E-state index contributed by atoms with van der Waals surface area (Å²) < 4.78 is 51.0. The molecule has 0 fully saturated rings. The number of hydrogen-bond acceptors (Lipinski definition) is 6. The van der Waals surface area contributed by atoms with Crippen molar-refractivity contribution in [1.29, 1.82) is 0 Å². The van der Waals surface area contributed by atoms with Gasteiger partial charge >= 0.3 is 0 Å². The highest BCUT2D eigenvalue weighted by atomic mass is 32.2. The fourth-order valence-electron chi connectivity index (χ4n) is 2.34. The number of hydrogen-bond donors (Lipinski definition) is 1. The number of ether oxygens (including phenoxy) is 1. The minimum absolute atomic E-state index is 0.0251. The van der Waals surface area contributed by atoms with Gasteiger partial charge in [0, 0.05) is 0 Å². The summed E-state index contributed by atoms with van der Waals surface area (Å²) >= 11 is 0. The van der Waals surface area contributed by atoms with Crippen LogP contribution < -0.4 is 9.46 Å². The van der Waals surface area contributed by atoms with Crippen LogP contribution in [-0.2, 0) is 16.6 Å². The molecule has 136 valence electrons. The molecular weight excluding hydrogens is 361 g/mol. The first-order valence-corrected chi connectivity index (χ1v) is 9.11. The van der Waals surface area contributed by atoms with Gasteiger partial charge in [-0.15, -0.1) is 0 Å². The van der Waals surface area contributed by atoms with Gasteiger partial charge in [0.1, 0.15) is 11.6 Å². The predicted octanol–water partition coefficient (Wildman–Crippen LogP) is 2.67. The van der Waals surface area contributed by atoms with E-state index >= 15 is 0 Å². The van der Waals surface area contributed by atoms with Crippen LogP contribution in [-0.4, -0.2) is 25.7 Å². The van der Waals surface area contributed by atoms with Gasteiger partial charge in [-0.2, -0.15) is 4.98 Å². The Hall–Kier alpha value is -2.78. The second kappa shape index (κ2) is 7.22. The summed E-state index contributed by atoms with van der Waals surface area (Å²) in [5.74, 6) is 0.180. The second-order valence-electron chi connectivity index (χ2n) is 5.45. The Kier molecular flexibility index (Phi) is 5.01. The number of sulfonamides is 1. The van der Waals surface area contributed by atoms with Crippen LogP contribution in [0.1, 0.15) is 11.5 Å². The molecule has 0 atom stereocenters. The Bertz CT molecular complexity index is 1030. The molecule has 0 spiro atoms. The van der Waals surface area contributed by atoms with Gasteiger partial charge in [0.25, 0.3) is 0 Å². The highest BCUT2D eigenvalue weighted by molar-refractivity contribution is 7.89. The third-order valence-corrected chi connectivity index (χ3v) is 5.07. The molecule has 0 unspecified atom stereocenters. The number of rotatable bonds is 6. The fraction of sp³-hybridized carbons (Fsp3) is 0.176. The minimum atomic E-state index is -3.78. The molecule has 0 saturated carbocycles. The zero-order valence-corrected chi connectivity index (χ0v) is 14.9. The van der Waals surface area contributed by atoms with E-state index in [4.69, 9.17) is 9.26 Å². The van der Waals surface area contributed by atoms with Gasteiger partial charge in [-0.05, 0) is 42.8 Å². The van der Waals surface area contributed by atoms with Crippen molar-refractivity contribution in [2.75, 3.05) is 7.11 Å². The highest BCUT2D eigenvalue weighted by Crippen LogP contribution is 2.22. The van der Waals surface area contributed by atoms with Gasteiger partial charge < -0.3 is 9.26 Å². The largest absolute Gasteiger partial charge is 0.496 e. The predicted molar refractivity (Wildman–Crippen MR) is 91.4 cm³/mol. The molecule has 0 amide bonds. The van der Waals surface area contributed by atoms with E-state index in [0.29, 0.717) is 11.3 Å². The monoisotopic (exact) mass is 377 g/mol. The van der Waals surface area contributed by atoms with Gasteiger partial charge in [0.2, 0.25) is 21.7 Å². The zero-order valence-electron chi connectivity index (χ0n) is 14.1. The summed E-state index contributed by atoms with van der Waals surface area (Å²) in [6.45, 7) is 1.53. The number of nitrogens with one attached hydrogen (secondary N) is 1. The minimum Gasteiger partial charge on any atom is -0.496 e. The molecule has 1 heterocycles. The first-order chi connectivity index (χ1) is 12.4. The van der Waals surface area contributed by atoms with Gasteiger partial charge in [0.05, 0.1) is 24.1 Å². The molecule has 3 rings (SSSR count). The lowest BCUT2D eigenvalue weighted by Gasteiger charge is -2.08. The topological polar surface area (TPSA) is 94.3 Å². The van der Waals surface area contributed by atoms with E-state index in [1.54, 1.807) is 25.1 Å². The summed E-state index contributed by atoms with van der Waals surface area (Å²) in [5.41, 5.74) is 0.867. The molecule has 0 bridgehead atoms. The number of nitrogens with zero attached hydrogens (tertiary/aromatic N) is 2. The van der Waals surface area contributed by atoms with Crippen LogP contribution >= 0.6 is 0 Å². The molecule has 3 aromatic rings. The molecule has 1 N–H and O–H groups in total. The number of aromatic nitrogens is 2. The molecule has 0 aliphatic rings. The number of aryl methyl sites for hydroxylation is 1. The lowest BCUT2D eigenvalue weighted by molar-refractivity contribution is 0.375. The molecule has 9 heteroatoms. The van der Waals surface area contributed by atoms with E-state index in [2.05, 4.69) is 14.9 Å². The first-order valence-electron chi connectivity index (χ1n) is 7.62. The van der Waals surface area contributed by atoms with Crippen molar-refractivity contribution in [3.05, 3.63) is 59.7 Å². The SMILES string of the molecule is COc1ccc(S(=O)(=O)NCc2nc(-c3ccccc3F)no2)cc1C. The molecule has 1 aromatic heterocycles. The maximum atomic E-state index is 13.7. The zero-order chi connectivity index (χ0) is 18.7. The lowest BCUT2D eigenvalue weighted by Crippen LogP contribution is -2.23. The smallest absolute Gasteiger partial charge is 0.242 e. The normalized spacial score (nSPS) is 11.5. The van der Waals surface area contributed by atoms with Gasteiger partial charge in [-0.3, -0.25) is 0 Å². The molecule has 26 heavy (non-hydrogen) atoms. The van der Waals surface area contributed by atoms with Gasteiger partial charge in [-0.1, -0.05) is 17.3 Å². The van der Waals surface area contributed by atoms with Crippen molar-refractivity contribution in [2.45, 2.75) is 18.4 Å². The van der Waals surface area contributed by atoms with E-state index in [1.165, 1.54) is 31.4 Å². The molecule has 0 radical (unpaired) electrons. The standard InChI is InChI=1S/C17H16FN3O4S/c1-11-9-12(7-8-15(11)24-2)26(22,23)19-10-16-20-17(21-25-16)13-5-3-4-6-14(13)18/h3-9,19H,10H2,1-2H3. The summed E-state index contributed by atoms with van der Waals surface area (Å²) in [6, 6.07) is 10.5. The maximum absolute atomic E-state index is 13.7. The van der Waals surface area contributed by atoms with Crippen molar-refractivity contribution in [2.24, 2.45) is 0 Å². The Morgan fingerprint density at radius 2 is 2.00 bits per heavy atom. The third kappa shape index (κ3) is 3.73. The first kappa shape index (κ1) is 18.0. The highest BCUT2D eigenvalue weighted by Gasteiger charge is 2.18. The Balaban J connectivity index is 1.75. The lowest BCUT2D eigenvalue weighted by atomic mass is 10.2. The third-order valence-electron chi connectivity index (χ3n) is 3.67. The molecule has 0 aliphatic carbocycles. The van der Waals surface area contributed by atoms with Gasteiger partial charge in [-0.25, -0.2) is 17.5 Å². The number of benzene rings is 2. The van der Waals surface area contributed by atoms with Crippen LogP contribution in [0.5, 0.6) is 5.75 Å². The number of halogens is 1. The van der Waals surface area contributed by atoms with Crippen LogP contribution in [0, 0.1) is 12.7 Å². The Morgan fingerprint density at radius 1 is 1.23 bits per heavy atom. The van der Waals surface area contributed by atoms with Crippen LogP contribution in [0.2, 0.25) is 0 Å².